The minimum atomic E-state index is -0.572. The number of amides is 1. The fourth-order valence-corrected chi connectivity index (χ4v) is 5.06. The predicted molar refractivity (Wildman–Crippen MR) is 145 cm³/mol. The number of anilines is 1. The zero-order valence-corrected chi connectivity index (χ0v) is 21.2. The summed E-state index contributed by atoms with van der Waals surface area (Å²) in [5.41, 5.74) is 4.69. The van der Waals surface area contributed by atoms with Gasteiger partial charge in [0.25, 0.3) is 0 Å². The molecule has 0 bridgehead atoms. The number of fused-ring (bicyclic) bond motifs is 1. The second kappa shape index (κ2) is 10.6. The van der Waals surface area contributed by atoms with Gasteiger partial charge in [-0.05, 0) is 41.8 Å². The molecule has 192 valence electrons. The molecule has 1 fully saturated rings. The van der Waals surface area contributed by atoms with Gasteiger partial charge in [0.1, 0.15) is 17.5 Å². The van der Waals surface area contributed by atoms with Crippen LogP contribution in [0.5, 0.6) is 5.75 Å². The zero-order valence-electron chi connectivity index (χ0n) is 21.2. The van der Waals surface area contributed by atoms with Crippen molar-refractivity contribution in [2.24, 2.45) is 0 Å². The van der Waals surface area contributed by atoms with Crippen LogP contribution >= 0.6 is 0 Å². The number of carbonyl (C=O) groups excluding carboxylic acids is 1. The van der Waals surface area contributed by atoms with E-state index in [0.29, 0.717) is 31.3 Å². The normalized spacial score (nSPS) is 17.1. The SMILES string of the molecule is CC1=Cc2ccccc2C(c2nc(Cc3ccccc3)c(N3CCOCC3)o2)N1C(=O)Oc1ccccc1. The van der Waals surface area contributed by atoms with E-state index in [9.17, 15) is 4.79 Å². The first-order valence-electron chi connectivity index (χ1n) is 12.9. The van der Waals surface area contributed by atoms with Gasteiger partial charge in [-0.15, -0.1) is 0 Å². The van der Waals surface area contributed by atoms with E-state index in [1.54, 1.807) is 17.0 Å². The molecule has 6 rings (SSSR count). The summed E-state index contributed by atoms with van der Waals surface area (Å²) in [6.07, 6.45) is 2.13. The number of ether oxygens (including phenoxy) is 2. The molecule has 7 nitrogen and oxygen atoms in total. The molecule has 7 heteroatoms. The van der Waals surface area contributed by atoms with Gasteiger partial charge >= 0.3 is 6.09 Å². The number of allylic oxidation sites excluding steroid dienone is 1. The molecule has 2 aliphatic rings. The van der Waals surface area contributed by atoms with Gasteiger partial charge in [0.2, 0.25) is 11.8 Å². The molecule has 3 heterocycles. The summed E-state index contributed by atoms with van der Waals surface area (Å²) in [4.78, 5) is 22.5. The van der Waals surface area contributed by atoms with Crippen LogP contribution in [0, 0.1) is 0 Å². The number of para-hydroxylation sites is 1. The van der Waals surface area contributed by atoms with E-state index < -0.39 is 12.1 Å². The van der Waals surface area contributed by atoms with Crippen LogP contribution in [0.15, 0.2) is 95.0 Å². The maximum absolute atomic E-state index is 13.6. The van der Waals surface area contributed by atoms with Gasteiger partial charge in [0, 0.05) is 25.2 Å². The average molecular weight is 508 g/mol. The largest absolute Gasteiger partial charge is 0.422 e. The molecule has 0 spiro atoms. The number of nitrogens with zero attached hydrogens (tertiary/aromatic N) is 3. The maximum Gasteiger partial charge on any atom is 0.420 e. The van der Waals surface area contributed by atoms with Crippen molar-refractivity contribution in [3.8, 4) is 5.75 Å². The first kappa shape index (κ1) is 24.0. The highest BCUT2D eigenvalue weighted by molar-refractivity contribution is 5.78. The Morgan fingerprint density at radius 2 is 1.63 bits per heavy atom. The number of benzene rings is 3. The van der Waals surface area contributed by atoms with Crippen LogP contribution in [0.3, 0.4) is 0 Å². The number of hydrogen-bond acceptors (Lipinski definition) is 6. The Morgan fingerprint density at radius 3 is 2.39 bits per heavy atom. The lowest BCUT2D eigenvalue weighted by atomic mass is 9.94. The molecule has 0 aliphatic carbocycles. The Hall–Kier alpha value is -4.36. The molecule has 1 atom stereocenters. The van der Waals surface area contributed by atoms with Crippen LogP contribution < -0.4 is 9.64 Å². The monoisotopic (exact) mass is 507 g/mol. The third-order valence-corrected chi connectivity index (χ3v) is 6.88. The number of rotatable bonds is 5. The average Bonchev–Trinajstić information content (AvgIpc) is 3.37. The standard InChI is InChI=1S/C31H29N3O4/c1-22-20-24-12-8-9-15-26(24)28(34(22)31(35)37-25-13-6-3-7-14-25)29-32-27(21-23-10-4-2-5-11-23)30(38-29)33-16-18-36-19-17-33/h2-15,20,28H,16-19,21H2,1H3. The molecule has 1 saturated heterocycles. The first-order chi connectivity index (χ1) is 18.7. The maximum atomic E-state index is 13.6. The fraction of sp³-hybridized carbons (Fsp3) is 0.226. The molecule has 2 aliphatic heterocycles. The Kier molecular flexibility index (Phi) is 6.67. The van der Waals surface area contributed by atoms with Crippen molar-refractivity contribution in [1.82, 2.24) is 9.88 Å². The van der Waals surface area contributed by atoms with Crippen molar-refractivity contribution in [3.63, 3.8) is 0 Å². The molecule has 1 amide bonds. The van der Waals surface area contributed by atoms with Crippen molar-refractivity contribution >= 4 is 18.1 Å². The van der Waals surface area contributed by atoms with E-state index in [4.69, 9.17) is 18.9 Å². The van der Waals surface area contributed by atoms with Crippen LogP contribution in [-0.2, 0) is 11.2 Å². The minimum absolute atomic E-state index is 0.460. The number of hydrogen-bond donors (Lipinski definition) is 0. The van der Waals surface area contributed by atoms with Crippen molar-refractivity contribution < 1.29 is 18.7 Å². The van der Waals surface area contributed by atoms with Gasteiger partial charge in [0.05, 0.1) is 13.2 Å². The van der Waals surface area contributed by atoms with Crippen molar-refractivity contribution in [1.29, 1.82) is 0 Å². The summed E-state index contributed by atoms with van der Waals surface area (Å²) in [5, 5.41) is 0. The van der Waals surface area contributed by atoms with Gasteiger partial charge in [-0.1, -0.05) is 72.8 Å². The van der Waals surface area contributed by atoms with Crippen LogP contribution in [0.1, 0.15) is 41.2 Å². The molecular formula is C31H29N3O4. The van der Waals surface area contributed by atoms with Crippen LogP contribution in [0.4, 0.5) is 10.7 Å². The third kappa shape index (κ3) is 4.80. The zero-order chi connectivity index (χ0) is 25.9. The highest BCUT2D eigenvalue weighted by atomic mass is 16.6. The van der Waals surface area contributed by atoms with E-state index in [-0.39, 0.29) is 0 Å². The molecule has 3 aromatic carbocycles. The van der Waals surface area contributed by atoms with Crippen molar-refractivity contribution in [2.45, 2.75) is 19.4 Å². The molecule has 38 heavy (non-hydrogen) atoms. The summed E-state index contributed by atoms with van der Waals surface area (Å²) in [7, 11) is 0. The molecular weight excluding hydrogens is 478 g/mol. The van der Waals surface area contributed by atoms with Crippen LogP contribution in [0.2, 0.25) is 0 Å². The van der Waals surface area contributed by atoms with Crippen LogP contribution in [-0.4, -0.2) is 42.3 Å². The van der Waals surface area contributed by atoms with Crippen molar-refractivity contribution in [3.05, 3.63) is 119 Å². The third-order valence-electron chi connectivity index (χ3n) is 6.88. The highest BCUT2D eigenvalue weighted by Crippen LogP contribution is 2.41. The van der Waals surface area contributed by atoms with Gasteiger partial charge < -0.3 is 18.8 Å². The Balaban J connectivity index is 1.43. The highest BCUT2D eigenvalue weighted by Gasteiger charge is 2.38. The number of carbonyl (C=O) groups is 1. The van der Waals surface area contributed by atoms with E-state index in [1.165, 1.54) is 0 Å². The van der Waals surface area contributed by atoms with Gasteiger partial charge in [-0.2, -0.15) is 0 Å². The lowest BCUT2D eigenvalue weighted by Crippen LogP contribution is -2.38. The Bertz CT molecular complexity index is 1440. The fourth-order valence-electron chi connectivity index (χ4n) is 5.06. The second-order valence-corrected chi connectivity index (χ2v) is 9.43. The molecule has 0 radical (unpaired) electrons. The van der Waals surface area contributed by atoms with Crippen LogP contribution in [0.25, 0.3) is 6.08 Å². The van der Waals surface area contributed by atoms with E-state index in [2.05, 4.69) is 17.0 Å². The molecule has 0 saturated carbocycles. The summed E-state index contributed by atoms with van der Waals surface area (Å²) in [6.45, 7) is 4.60. The second-order valence-electron chi connectivity index (χ2n) is 9.43. The lowest BCUT2D eigenvalue weighted by molar-refractivity contribution is 0.120. The van der Waals surface area contributed by atoms with Crippen molar-refractivity contribution in [2.75, 3.05) is 31.2 Å². The van der Waals surface area contributed by atoms with Gasteiger partial charge in [-0.3, -0.25) is 4.90 Å². The number of morpholine rings is 1. The van der Waals surface area contributed by atoms with E-state index in [0.717, 1.165) is 47.1 Å². The first-order valence-corrected chi connectivity index (χ1v) is 12.9. The Labute approximate surface area is 221 Å². The summed E-state index contributed by atoms with van der Waals surface area (Å²) in [6, 6.07) is 26.8. The quantitative estimate of drug-likeness (QED) is 0.327. The summed E-state index contributed by atoms with van der Waals surface area (Å²) in [5.74, 6) is 1.67. The molecule has 0 N–H and O–H groups in total. The molecule has 4 aromatic rings. The van der Waals surface area contributed by atoms with E-state index in [1.807, 2.05) is 73.7 Å². The smallest absolute Gasteiger partial charge is 0.420 e. The van der Waals surface area contributed by atoms with Gasteiger partial charge in [-0.25, -0.2) is 9.78 Å². The summed E-state index contributed by atoms with van der Waals surface area (Å²) >= 11 is 0. The molecule has 1 aromatic heterocycles. The number of oxazole rings is 1. The summed E-state index contributed by atoms with van der Waals surface area (Å²) < 4.78 is 18.0. The Morgan fingerprint density at radius 1 is 0.947 bits per heavy atom. The van der Waals surface area contributed by atoms with Gasteiger partial charge in [0.15, 0.2) is 0 Å². The molecule has 1 unspecified atom stereocenters. The predicted octanol–water partition coefficient (Wildman–Crippen LogP) is 6.07. The lowest BCUT2D eigenvalue weighted by Gasteiger charge is -2.34. The minimum Gasteiger partial charge on any atom is -0.422 e. The van der Waals surface area contributed by atoms with E-state index >= 15 is 0 Å². The number of aromatic nitrogens is 1. The topological polar surface area (TPSA) is 68.0 Å².